The fourth-order valence-electron chi connectivity index (χ4n) is 3.76. The van der Waals surface area contributed by atoms with Crippen LogP contribution in [0.2, 0.25) is 0 Å². The molecular formula is C22H26FN3O2. The molecule has 0 aliphatic heterocycles. The molecule has 0 saturated heterocycles. The Labute approximate surface area is 164 Å². The maximum absolute atomic E-state index is 13.1. The van der Waals surface area contributed by atoms with Crippen LogP contribution in [0.25, 0.3) is 0 Å². The summed E-state index contributed by atoms with van der Waals surface area (Å²) in [7, 11) is 1.60. The lowest BCUT2D eigenvalue weighted by Gasteiger charge is -2.21. The van der Waals surface area contributed by atoms with Gasteiger partial charge >= 0.3 is 6.03 Å². The Morgan fingerprint density at radius 3 is 2.61 bits per heavy atom. The lowest BCUT2D eigenvalue weighted by atomic mass is 9.94. The smallest absolute Gasteiger partial charge is 0.319 e. The molecule has 2 atom stereocenters. The Kier molecular flexibility index (Phi) is 6.63. The number of anilines is 1. The van der Waals surface area contributed by atoms with Gasteiger partial charge in [-0.05, 0) is 60.6 Å². The van der Waals surface area contributed by atoms with Crippen molar-refractivity contribution in [3.8, 4) is 0 Å². The fraction of sp³-hybridized carbons (Fsp3) is 0.364. The molecule has 2 aromatic rings. The summed E-state index contributed by atoms with van der Waals surface area (Å²) in [6, 6.07) is 13.7. The Morgan fingerprint density at radius 2 is 1.86 bits per heavy atom. The van der Waals surface area contributed by atoms with Crippen LogP contribution in [0.3, 0.4) is 0 Å². The first-order valence-electron chi connectivity index (χ1n) is 9.65. The zero-order valence-electron chi connectivity index (χ0n) is 16.0. The van der Waals surface area contributed by atoms with Crippen LogP contribution in [0.4, 0.5) is 14.9 Å². The van der Waals surface area contributed by atoms with Crippen molar-refractivity contribution in [1.29, 1.82) is 0 Å². The molecule has 3 amide bonds. The first-order valence-corrected chi connectivity index (χ1v) is 9.65. The number of carbonyl (C=O) groups is 2. The molecule has 0 bridgehead atoms. The van der Waals surface area contributed by atoms with Crippen LogP contribution in [-0.2, 0) is 17.6 Å². The molecule has 0 aromatic heterocycles. The molecule has 1 aliphatic rings. The van der Waals surface area contributed by atoms with E-state index in [2.05, 4.69) is 16.0 Å². The number of nitrogens with one attached hydrogen (secondary N) is 3. The maximum atomic E-state index is 13.1. The molecular weight excluding hydrogens is 357 g/mol. The number of halogens is 1. The van der Waals surface area contributed by atoms with E-state index in [0.29, 0.717) is 11.6 Å². The number of carbonyl (C=O) groups excluding carboxylic acids is 2. The van der Waals surface area contributed by atoms with Crippen molar-refractivity contribution in [2.75, 3.05) is 12.4 Å². The molecule has 0 radical (unpaired) electrons. The Morgan fingerprint density at radius 1 is 1.07 bits per heavy atom. The third kappa shape index (κ3) is 5.55. The standard InChI is InChI=1S/C22H26FN3O2/c1-24-21(27)14-16-4-2-6-19(13-16)25-22(28)26-20-7-3-5-17(20)12-15-8-10-18(23)11-9-15/h2,4,6,8-11,13,17,20H,3,5,7,12,14H2,1H3,(H,24,27)(H2,25,26,28)/t17-,20-/m1/s1. The summed E-state index contributed by atoms with van der Waals surface area (Å²) in [5, 5.41) is 8.53. The number of benzene rings is 2. The summed E-state index contributed by atoms with van der Waals surface area (Å²) < 4.78 is 13.1. The molecule has 0 heterocycles. The van der Waals surface area contributed by atoms with E-state index >= 15 is 0 Å². The fourth-order valence-corrected chi connectivity index (χ4v) is 3.76. The van der Waals surface area contributed by atoms with Gasteiger partial charge in [0.05, 0.1) is 6.42 Å². The highest BCUT2D eigenvalue weighted by Crippen LogP contribution is 2.29. The van der Waals surface area contributed by atoms with Gasteiger partial charge < -0.3 is 16.0 Å². The first-order chi connectivity index (χ1) is 13.5. The monoisotopic (exact) mass is 383 g/mol. The Bertz CT molecular complexity index is 823. The lowest BCUT2D eigenvalue weighted by Crippen LogP contribution is -2.40. The van der Waals surface area contributed by atoms with Gasteiger partial charge in [-0.15, -0.1) is 0 Å². The number of rotatable bonds is 6. The molecule has 3 rings (SSSR count). The number of hydrogen-bond acceptors (Lipinski definition) is 2. The average molecular weight is 383 g/mol. The van der Waals surface area contributed by atoms with Gasteiger partial charge in [0.2, 0.25) is 5.91 Å². The van der Waals surface area contributed by atoms with Crippen molar-refractivity contribution in [3.63, 3.8) is 0 Å². The van der Waals surface area contributed by atoms with Gasteiger partial charge in [0.15, 0.2) is 0 Å². The minimum Gasteiger partial charge on any atom is -0.359 e. The summed E-state index contributed by atoms with van der Waals surface area (Å²) in [5.74, 6) is 0.0369. The summed E-state index contributed by atoms with van der Waals surface area (Å²) in [6.07, 6.45) is 4.15. The van der Waals surface area contributed by atoms with Crippen molar-refractivity contribution in [1.82, 2.24) is 10.6 Å². The van der Waals surface area contributed by atoms with Crippen LogP contribution in [0.5, 0.6) is 0 Å². The van der Waals surface area contributed by atoms with Gasteiger partial charge in [0.25, 0.3) is 0 Å². The normalized spacial score (nSPS) is 18.5. The van der Waals surface area contributed by atoms with E-state index in [0.717, 1.165) is 36.8 Å². The van der Waals surface area contributed by atoms with E-state index < -0.39 is 0 Å². The molecule has 5 nitrogen and oxygen atoms in total. The molecule has 0 unspecified atom stereocenters. The third-order valence-electron chi connectivity index (χ3n) is 5.22. The summed E-state index contributed by atoms with van der Waals surface area (Å²) in [4.78, 5) is 24.0. The van der Waals surface area contributed by atoms with Crippen LogP contribution >= 0.6 is 0 Å². The van der Waals surface area contributed by atoms with Gasteiger partial charge in [0.1, 0.15) is 5.82 Å². The van der Waals surface area contributed by atoms with Gasteiger partial charge in [0, 0.05) is 18.8 Å². The van der Waals surface area contributed by atoms with E-state index in [9.17, 15) is 14.0 Å². The van der Waals surface area contributed by atoms with Crippen molar-refractivity contribution in [2.24, 2.45) is 5.92 Å². The van der Waals surface area contributed by atoms with Gasteiger partial charge in [-0.1, -0.05) is 30.7 Å². The molecule has 0 spiro atoms. The molecule has 28 heavy (non-hydrogen) atoms. The highest BCUT2D eigenvalue weighted by atomic mass is 19.1. The molecule has 1 aliphatic carbocycles. The minimum absolute atomic E-state index is 0.0730. The highest BCUT2D eigenvalue weighted by molar-refractivity contribution is 5.89. The summed E-state index contributed by atoms with van der Waals surface area (Å²) >= 11 is 0. The number of urea groups is 1. The molecule has 1 fully saturated rings. The second-order valence-corrected chi connectivity index (χ2v) is 7.28. The summed E-state index contributed by atoms with van der Waals surface area (Å²) in [5.41, 5.74) is 2.58. The largest absolute Gasteiger partial charge is 0.359 e. The SMILES string of the molecule is CNC(=O)Cc1cccc(NC(=O)N[C@@H]2CCC[C@@H]2Cc2ccc(F)cc2)c1. The van der Waals surface area contributed by atoms with Crippen molar-refractivity contribution in [2.45, 2.75) is 38.1 Å². The minimum atomic E-state index is -0.243. The number of amides is 3. The summed E-state index contributed by atoms with van der Waals surface area (Å²) in [6.45, 7) is 0. The molecule has 3 N–H and O–H groups in total. The second kappa shape index (κ2) is 9.35. The van der Waals surface area contributed by atoms with Crippen LogP contribution in [0, 0.1) is 11.7 Å². The predicted octanol–water partition coefficient (Wildman–Crippen LogP) is 3.65. The third-order valence-corrected chi connectivity index (χ3v) is 5.22. The predicted molar refractivity (Wildman–Crippen MR) is 108 cm³/mol. The second-order valence-electron chi connectivity index (χ2n) is 7.28. The Hall–Kier alpha value is -2.89. The molecule has 148 valence electrons. The van der Waals surface area contributed by atoms with Gasteiger partial charge in [-0.25, -0.2) is 9.18 Å². The highest BCUT2D eigenvalue weighted by Gasteiger charge is 2.28. The van der Waals surface area contributed by atoms with E-state index in [1.54, 1.807) is 19.2 Å². The van der Waals surface area contributed by atoms with Crippen LogP contribution in [0.1, 0.15) is 30.4 Å². The topological polar surface area (TPSA) is 70.2 Å². The quantitative estimate of drug-likeness (QED) is 0.713. The van der Waals surface area contributed by atoms with Crippen LogP contribution in [0.15, 0.2) is 48.5 Å². The van der Waals surface area contributed by atoms with E-state index in [1.165, 1.54) is 12.1 Å². The molecule has 1 saturated carbocycles. The lowest BCUT2D eigenvalue weighted by molar-refractivity contribution is -0.119. The Balaban J connectivity index is 1.55. The van der Waals surface area contributed by atoms with Crippen LogP contribution in [-0.4, -0.2) is 25.0 Å². The van der Waals surface area contributed by atoms with Gasteiger partial charge in [-0.3, -0.25) is 4.79 Å². The van der Waals surface area contributed by atoms with E-state index in [1.807, 2.05) is 24.3 Å². The van der Waals surface area contributed by atoms with Gasteiger partial charge in [-0.2, -0.15) is 0 Å². The maximum Gasteiger partial charge on any atom is 0.319 e. The number of likely N-dealkylation sites (N-methyl/N-ethyl adjacent to an activating group) is 1. The van der Waals surface area contributed by atoms with Crippen molar-refractivity contribution in [3.05, 3.63) is 65.5 Å². The zero-order chi connectivity index (χ0) is 19.9. The van der Waals surface area contributed by atoms with Crippen molar-refractivity contribution >= 4 is 17.6 Å². The van der Waals surface area contributed by atoms with Crippen molar-refractivity contribution < 1.29 is 14.0 Å². The first kappa shape index (κ1) is 19.9. The average Bonchev–Trinajstić information content (AvgIpc) is 3.10. The number of hydrogen-bond donors (Lipinski definition) is 3. The zero-order valence-corrected chi connectivity index (χ0v) is 16.0. The van der Waals surface area contributed by atoms with E-state index in [4.69, 9.17) is 0 Å². The van der Waals surface area contributed by atoms with Crippen LogP contribution < -0.4 is 16.0 Å². The van der Waals surface area contributed by atoms with E-state index in [-0.39, 0.29) is 30.2 Å². The molecule has 2 aromatic carbocycles. The molecule has 6 heteroatoms.